The van der Waals surface area contributed by atoms with Crippen molar-refractivity contribution in [1.82, 2.24) is 20.4 Å². The van der Waals surface area contributed by atoms with Gasteiger partial charge in [0.25, 0.3) is 5.91 Å². The van der Waals surface area contributed by atoms with Crippen LogP contribution in [0.25, 0.3) is 11.3 Å². The highest BCUT2D eigenvalue weighted by atomic mass is 35.5. The van der Waals surface area contributed by atoms with Crippen LogP contribution in [0.15, 0.2) is 36.4 Å². The first-order valence-electron chi connectivity index (χ1n) is 8.35. The van der Waals surface area contributed by atoms with Crippen molar-refractivity contribution < 1.29 is 4.79 Å². The summed E-state index contributed by atoms with van der Waals surface area (Å²) in [5, 5.41) is 10.8. The predicted octanol–water partition coefficient (Wildman–Crippen LogP) is 2.85. The van der Waals surface area contributed by atoms with Crippen molar-refractivity contribution in [3.05, 3.63) is 42.1 Å². The molecule has 1 amide bonds. The summed E-state index contributed by atoms with van der Waals surface area (Å²) in [4.78, 5) is 14.7. The van der Waals surface area contributed by atoms with Crippen molar-refractivity contribution in [2.45, 2.75) is 43.8 Å². The molecule has 0 aliphatic carbocycles. The van der Waals surface area contributed by atoms with Crippen LogP contribution in [-0.4, -0.2) is 46.2 Å². The minimum absolute atomic E-state index is 0. The zero-order valence-electron chi connectivity index (χ0n) is 13.7. The number of hydrogen-bond donors (Lipinski definition) is 2. The maximum Gasteiger partial charge on any atom is 0.271 e. The Bertz CT molecular complexity index is 690. The van der Waals surface area contributed by atoms with Gasteiger partial charge in [-0.1, -0.05) is 30.3 Å². The van der Waals surface area contributed by atoms with Crippen LogP contribution in [0.4, 0.5) is 0 Å². The summed E-state index contributed by atoms with van der Waals surface area (Å²) < 4.78 is 0. The van der Waals surface area contributed by atoms with E-state index in [1.807, 2.05) is 48.3 Å². The Kier molecular flexibility index (Phi) is 4.92. The highest BCUT2D eigenvalue weighted by Gasteiger charge is 2.36. The van der Waals surface area contributed by atoms with Crippen molar-refractivity contribution in [1.29, 1.82) is 0 Å². The van der Waals surface area contributed by atoms with Gasteiger partial charge in [-0.15, -0.1) is 12.4 Å². The monoisotopic (exact) mass is 346 g/mol. The summed E-state index contributed by atoms with van der Waals surface area (Å²) in [5.41, 5.74) is 2.40. The van der Waals surface area contributed by atoms with Gasteiger partial charge in [0.2, 0.25) is 0 Å². The smallest absolute Gasteiger partial charge is 0.271 e. The SMILES string of the molecule is CN(C(=O)c1cc(-c2ccccc2)n[nH]1)C1CC2CCC(C1)N2.Cl. The topological polar surface area (TPSA) is 61.0 Å². The number of H-pyrrole nitrogens is 1. The van der Waals surface area contributed by atoms with Crippen molar-refractivity contribution in [2.75, 3.05) is 7.05 Å². The lowest BCUT2D eigenvalue weighted by Crippen LogP contribution is -2.48. The van der Waals surface area contributed by atoms with Crippen LogP contribution in [0.5, 0.6) is 0 Å². The molecule has 4 rings (SSSR count). The number of nitrogens with one attached hydrogen (secondary N) is 2. The van der Waals surface area contributed by atoms with E-state index in [0.717, 1.165) is 24.1 Å². The molecule has 2 atom stereocenters. The molecule has 2 fully saturated rings. The standard InChI is InChI=1S/C18H22N4O.ClH/c1-22(15-9-13-7-8-14(10-15)19-13)18(23)17-11-16(20-21-17)12-5-3-2-4-6-12;/h2-6,11,13-15,19H,7-10H2,1H3,(H,20,21);1H. The summed E-state index contributed by atoms with van der Waals surface area (Å²) in [6.07, 6.45) is 4.59. The van der Waals surface area contributed by atoms with Gasteiger partial charge in [-0.2, -0.15) is 5.10 Å². The third-order valence-corrected chi connectivity index (χ3v) is 5.19. The summed E-state index contributed by atoms with van der Waals surface area (Å²) >= 11 is 0. The van der Waals surface area contributed by atoms with Crippen LogP contribution in [0, 0.1) is 0 Å². The van der Waals surface area contributed by atoms with Crippen LogP contribution in [0.1, 0.15) is 36.2 Å². The summed E-state index contributed by atoms with van der Waals surface area (Å²) in [6, 6.07) is 13.3. The van der Waals surface area contributed by atoms with Gasteiger partial charge in [0.05, 0.1) is 5.69 Å². The molecule has 2 bridgehead atoms. The number of hydrogen-bond acceptors (Lipinski definition) is 3. The van der Waals surface area contributed by atoms with E-state index >= 15 is 0 Å². The van der Waals surface area contributed by atoms with E-state index in [-0.39, 0.29) is 18.3 Å². The number of carbonyl (C=O) groups is 1. The molecule has 0 radical (unpaired) electrons. The lowest BCUT2D eigenvalue weighted by Gasteiger charge is -2.35. The molecule has 2 saturated heterocycles. The van der Waals surface area contributed by atoms with Crippen LogP contribution >= 0.6 is 12.4 Å². The maximum absolute atomic E-state index is 12.8. The molecule has 0 spiro atoms. The molecule has 6 heteroatoms. The first-order valence-corrected chi connectivity index (χ1v) is 8.35. The Morgan fingerprint density at radius 1 is 1.17 bits per heavy atom. The van der Waals surface area contributed by atoms with Crippen molar-refractivity contribution in [3.63, 3.8) is 0 Å². The molecule has 2 N–H and O–H groups in total. The number of nitrogens with zero attached hydrogens (tertiary/aromatic N) is 2. The first kappa shape index (κ1) is 17.0. The van der Waals surface area contributed by atoms with Gasteiger partial charge in [0, 0.05) is 30.7 Å². The fourth-order valence-electron chi connectivity index (χ4n) is 3.89. The quantitative estimate of drug-likeness (QED) is 0.898. The normalized spacial score (nSPS) is 25.1. The lowest BCUT2D eigenvalue weighted by molar-refractivity contribution is 0.0675. The van der Waals surface area contributed by atoms with E-state index < -0.39 is 0 Å². The van der Waals surface area contributed by atoms with Gasteiger partial charge in [-0.05, 0) is 31.7 Å². The molecule has 2 unspecified atom stereocenters. The predicted molar refractivity (Wildman–Crippen MR) is 96.3 cm³/mol. The third kappa shape index (κ3) is 3.19. The Labute approximate surface area is 148 Å². The second-order valence-electron chi connectivity index (χ2n) is 6.71. The maximum atomic E-state index is 12.8. The molecule has 0 saturated carbocycles. The number of piperidine rings is 1. The van der Waals surface area contributed by atoms with Crippen molar-refractivity contribution in [3.8, 4) is 11.3 Å². The largest absolute Gasteiger partial charge is 0.337 e. The Hall–Kier alpha value is -1.85. The number of aromatic amines is 1. The van der Waals surface area contributed by atoms with E-state index in [1.165, 1.54) is 12.8 Å². The second kappa shape index (κ2) is 6.95. The van der Waals surface area contributed by atoms with Gasteiger partial charge in [0.15, 0.2) is 0 Å². The molecule has 128 valence electrons. The minimum atomic E-state index is 0. The third-order valence-electron chi connectivity index (χ3n) is 5.19. The van der Waals surface area contributed by atoms with Gasteiger partial charge in [0.1, 0.15) is 5.69 Å². The Morgan fingerprint density at radius 2 is 1.83 bits per heavy atom. The van der Waals surface area contributed by atoms with Gasteiger partial charge < -0.3 is 10.2 Å². The van der Waals surface area contributed by atoms with E-state index in [2.05, 4.69) is 15.5 Å². The molecule has 2 aliphatic heterocycles. The van der Waals surface area contributed by atoms with E-state index in [4.69, 9.17) is 0 Å². The number of rotatable bonds is 3. The lowest BCUT2D eigenvalue weighted by atomic mass is 9.98. The second-order valence-corrected chi connectivity index (χ2v) is 6.71. The van der Waals surface area contributed by atoms with Gasteiger partial charge >= 0.3 is 0 Å². The number of benzene rings is 1. The number of amides is 1. The average Bonchev–Trinajstić information content (AvgIpc) is 3.21. The van der Waals surface area contributed by atoms with Crippen LogP contribution in [0.3, 0.4) is 0 Å². The summed E-state index contributed by atoms with van der Waals surface area (Å²) in [6.45, 7) is 0. The fourth-order valence-corrected chi connectivity index (χ4v) is 3.89. The van der Waals surface area contributed by atoms with Crippen LogP contribution < -0.4 is 5.32 Å². The number of fused-ring (bicyclic) bond motifs is 2. The van der Waals surface area contributed by atoms with Crippen molar-refractivity contribution in [2.24, 2.45) is 0 Å². The number of aromatic nitrogens is 2. The Morgan fingerprint density at radius 3 is 2.50 bits per heavy atom. The molecule has 3 heterocycles. The van der Waals surface area contributed by atoms with E-state index in [0.29, 0.717) is 23.8 Å². The highest BCUT2D eigenvalue weighted by Crippen LogP contribution is 2.30. The highest BCUT2D eigenvalue weighted by molar-refractivity contribution is 5.93. The zero-order chi connectivity index (χ0) is 15.8. The molecule has 1 aromatic heterocycles. The van der Waals surface area contributed by atoms with Crippen LogP contribution in [0.2, 0.25) is 0 Å². The number of halogens is 1. The summed E-state index contributed by atoms with van der Waals surface area (Å²) in [7, 11) is 1.92. The molecule has 1 aromatic carbocycles. The first-order chi connectivity index (χ1) is 11.2. The van der Waals surface area contributed by atoms with E-state index in [9.17, 15) is 4.79 Å². The van der Waals surface area contributed by atoms with Gasteiger partial charge in [-0.25, -0.2) is 0 Å². The molecular formula is C18H23ClN4O. The molecule has 2 aromatic rings. The number of carbonyl (C=O) groups excluding carboxylic acids is 1. The molecule has 2 aliphatic rings. The molecule has 24 heavy (non-hydrogen) atoms. The van der Waals surface area contributed by atoms with Crippen molar-refractivity contribution >= 4 is 18.3 Å². The minimum Gasteiger partial charge on any atom is -0.337 e. The zero-order valence-corrected chi connectivity index (χ0v) is 14.6. The Balaban J connectivity index is 0.00000169. The van der Waals surface area contributed by atoms with Crippen LogP contribution in [-0.2, 0) is 0 Å². The molecule has 5 nitrogen and oxygen atoms in total. The van der Waals surface area contributed by atoms with E-state index in [1.54, 1.807) is 0 Å². The summed E-state index contributed by atoms with van der Waals surface area (Å²) in [5.74, 6) is 0.0333. The molecular weight excluding hydrogens is 324 g/mol. The average molecular weight is 347 g/mol. The van der Waals surface area contributed by atoms with Gasteiger partial charge in [-0.3, -0.25) is 9.89 Å². The fraction of sp³-hybridized carbons (Fsp3) is 0.444.